The largest absolute Gasteiger partial charge is 0.413 e. The van der Waals surface area contributed by atoms with E-state index < -0.39 is 16.6 Å². The second-order valence-corrected chi connectivity index (χ2v) is 19.9. The molecule has 0 saturated carbocycles. The van der Waals surface area contributed by atoms with Crippen LogP contribution >= 0.6 is 0 Å². The lowest BCUT2D eigenvalue weighted by molar-refractivity contribution is 0.270. The van der Waals surface area contributed by atoms with Crippen molar-refractivity contribution in [3.05, 3.63) is 34.9 Å². The second kappa shape index (κ2) is 8.02. The zero-order valence-corrected chi connectivity index (χ0v) is 20.5. The first-order chi connectivity index (χ1) is 11.6. The minimum absolute atomic E-state index is 0.199. The Morgan fingerprint density at radius 2 is 1.12 bits per heavy atom. The summed E-state index contributed by atoms with van der Waals surface area (Å²) in [5, 5.41) is 0.399. The molecule has 0 bridgehead atoms. The van der Waals surface area contributed by atoms with Crippen LogP contribution in [0.25, 0.3) is 0 Å². The maximum atomic E-state index is 6.37. The molecule has 0 atom stereocenters. The van der Waals surface area contributed by atoms with Crippen molar-refractivity contribution < 1.29 is 8.85 Å². The third kappa shape index (κ3) is 6.09. The van der Waals surface area contributed by atoms with Gasteiger partial charge in [0.1, 0.15) is 0 Å². The highest BCUT2D eigenvalue weighted by molar-refractivity contribution is 6.74. The summed E-state index contributed by atoms with van der Waals surface area (Å²) in [4.78, 5) is 0. The average Bonchev–Trinajstić information content (AvgIpc) is 2.48. The molecular weight excluding hydrogens is 352 g/mol. The lowest BCUT2D eigenvalue weighted by Crippen LogP contribution is -2.40. The standard InChI is InChI=1S/C22H38O2Si2/c1-12-18-13-19(16-23-25(8,9)21(2,3)4)15-20(14-18)17-24-26(10,11)22(5,6)7/h1,13-15H,16-17H2,2-11H3. The van der Waals surface area contributed by atoms with E-state index >= 15 is 0 Å². The van der Waals surface area contributed by atoms with Gasteiger partial charge in [-0.2, -0.15) is 0 Å². The average molecular weight is 391 g/mol. The zero-order valence-electron chi connectivity index (χ0n) is 18.5. The third-order valence-electron chi connectivity index (χ3n) is 6.03. The van der Waals surface area contributed by atoms with Gasteiger partial charge in [0.05, 0.1) is 13.2 Å². The lowest BCUT2D eigenvalue weighted by Gasteiger charge is -2.36. The van der Waals surface area contributed by atoms with E-state index in [1.807, 2.05) is 0 Å². The Balaban J connectivity index is 2.95. The summed E-state index contributed by atoms with van der Waals surface area (Å²) in [5.41, 5.74) is 3.17. The van der Waals surface area contributed by atoms with Crippen molar-refractivity contribution in [3.63, 3.8) is 0 Å². The second-order valence-electron chi connectivity index (χ2n) is 10.3. The van der Waals surface area contributed by atoms with Gasteiger partial charge in [-0.05, 0) is 59.5 Å². The molecule has 1 aromatic rings. The molecule has 0 N–H and O–H groups in total. The van der Waals surface area contributed by atoms with Crippen LogP contribution in [0.1, 0.15) is 58.2 Å². The Morgan fingerprint density at radius 1 is 0.769 bits per heavy atom. The van der Waals surface area contributed by atoms with Crippen LogP contribution in [-0.4, -0.2) is 16.6 Å². The zero-order chi connectivity index (χ0) is 20.4. The molecule has 0 unspecified atom stereocenters. The van der Waals surface area contributed by atoms with Crippen molar-refractivity contribution in [3.8, 4) is 12.3 Å². The van der Waals surface area contributed by atoms with Crippen molar-refractivity contribution in [2.24, 2.45) is 0 Å². The molecule has 2 nitrogen and oxygen atoms in total. The van der Waals surface area contributed by atoms with Crippen molar-refractivity contribution in [1.29, 1.82) is 0 Å². The summed E-state index contributed by atoms with van der Waals surface area (Å²) in [5.74, 6) is 2.77. The Morgan fingerprint density at radius 3 is 1.38 bits per heavy atom. The molecule has 146 valence electrons. The number of benzene rings is 1. The van der Waals surface area contributed by atoms with Gasteiger partial charge in [-0.1, -0.05) is 53.5 Å². The van der Waals surface area contributed by atoms with Gasteiger partial charge in [-0.3, -0.25) is 0 Å². The molecular formula is C22H38O2Si2. The van der Waals surface area contributed by atoms with Crippen LogP contribution in [0.15, 0.2) is 18.2 Å². The predicted octanol–water partition coefficient (Wildman–Crippen LogP) is 6.71. The van der Waals surface area contributed by atoms with E-state index in [-0.39, 0.29) is 10.1 Å². The van der Waals surface area contributed by atoms with Gasteiger partial charge in [0, 0.05) is 5.56 Å². The third-order valence-corrected chi connectivity index (χ3v) is 15.0. The first-order valence-electron chi connectivity index (χ1n) is 9.46. The molecule has 0 amide bonds. The molecule has 0 radical (unpaired) electrons. The molecule has 0 heterocycles. The van der Waals surface area contributed by atoms with Gasteiger partial charge in [0.2, 0.25) is 0 Å². The van der Waals surface area contributed by atoms with Crippen molar-refractivity contribution in [2.45, 2.75) is 91.0 Å². The normalized spacial score (nSPS) is 13.6. The van der Waals surface area contributed by atoms with Crippen molar-refractivity contribution >= 4 is 16.6 Å². The van der Waals surface area contributed by atoms with E-state index in [0.717, 1.165) is 16.7 Å². The Bertz CT molecular complexity index is 608. The molecule has 0 aliphatic carbocycles. The van der Waals surface area contributed by atoms with Gasteiger partial charge in [0.25, 0.3) is 0 Å². The van der Waals surface area contributed by atoms with E-state index in [4.69, 9.17) is 15.3 Å². The maximum Gasteiger partial charge on any atom is 0.192 e. The smallest absolute Gasteiger partial charge is 0.192 e. The highest BCUT2D eigenvalue weighted by atomic mass is 28.4. The van der Waals surface area contributed by atoms with Crippen molar-refractivity contribution in [1.82, 2.24) is 0 Å². The van der Waals surface area contributed by atoms with Crippen LogP contribution in [0.3, 0.4) is 0 Å². The Kier molecular flexibility index (Phi) is 7.15. The fourth-order valence-corrected chi connectivity index (χ4v) is 3.89. The molecule has 1 aromatic carbocycles. The number of hydrogen-bond acceptors (Lipinski definition) is 2. The summed E-state index contributed by atoms with van der Waals surface area (Å²) in [6, 6.07) is 6.30. The van der Waals surface area contributed by atoms with Crippen molar-refractivity contribution in [2.75, 3.05) is 0 Å². The lowest BCUT2D eigenvalue weighted by atomic mass is 10.1. The molecule has 4 heteroatoms. The SMILES string of the molecule is C#Cc1cc(CO[Si](C)(C)C(C)(C)C)cc(CO[Si](C)(C)C(C)(C)C)c1. The van der Waals surface area contributed by atoms with Crippen LogP contribution < -0.4 is 0 Å². The summed E-state index contributed by atoms with van der Waals surface area (Å²) in [7, 11) is -3.56. The number of hydrogen-bond donors (Lipinski definition) is 0. The summed E-state index contributed by atoms with van der Waals surface area (Å²) >= 11 is 0. The highest BCUT2D eigenvalue weighted by Crippen LogP contribution is 2.38. The van der Waals surface area contributed by atoms with Gasteiger partial charge < -0.3 is 8.85 Å². The van der Waals surface area contributed by atoms with E-state index in [0.29, 0.717) is 13.2 Å². The highest BCUT2D eigenvalue weighted by Gasteiger charge is 2.38. The van der Waals surface area contributed by atoms with E-state index in [1.54, 1.807) is 0 Å². The van der Waals surface area contributed by atoms with Crippen LogP contribution in [-0.2, 0) is 22.1 Å². The maximum absolute atomic E-state index is 6.37. The number of rotatable bonds is 6. The Hall–Kier alpha value is -0.866. The molecule has 0 spiro atoms. The molecule has 0 aromatic heterocycles. The minimum Gasteiger partial charge on any atom is -0.413 e. The topological polar surface area (TPSA) is 18.5 Å². The monoisotopic (exact) mass is 390 g/mol. The van der Waals surface area contributed by atoms with Gasteiger partial charge >= 0.3 is 0 Å². The van der Waals surface area contributed by atoms with Crippen LogP contribution in [0.5, 0.6) is 0 Å². The molecule has 1 rings (SSSR count). The molecule has 0 aliphatic heterocycles. The van der Waals surface area contributed by atoms with Crippen LogP contribution in [0.2, 0.25) is 36.3 Å². The summed E-state index contributed by atoms with van der Waals surface area (Å²) in [6.45, 7) is 23.9. The summed E-state index contributed by atoms with van der Waals surface area (Å²) in [6.07, 6.45) is 5.68. The number of terminal acetylenes is 1. The van der Waals surface area contributed by atoms with Crippen LogP contribution in [0.4, 0.5) is 0 Å². The predicted molar refractivity (Wildman–Crippen MR) is 118 cm³/mol. The van der Waals surface area contributed by atoms with E-state index in [2.05, 4.69) is 91.9 Å². The first kappa shape index (κ1) is 23.2. The van der Waals surface area contributed by atoms with E-state index in [1.165, 1.54) is 0 Å². The fraction of sp³-hybridized carbons (Fsp3) is 0.636. The minimum atomic E-state index is -1.78. The fourth-order valence-electron chi connectivity index (χ4n) is 1.97. The molecule has 26 heavy (non-hydrogen) atoms. The summed E-state index contributed by atoms with van der Waals surface area (Å²) < 4.78 is 12.7. The quantitative estimate of drug-likeness (QED) is 0.397. The molecule has 0 saturated heterocycles. The first-order valence-corrected chi connectivity index (χ1v) is 15.3. The van der Waals surface area contributed by atoms with Crippen LogP contribution in [0, 0.1) is 12.3 Å². The van der Waals surface area contributed by atoms with E-state index in [9.17, 15) is 0 Å². The molecule has 0 aliphatic rings. The Labute approximate surface area is 164 Å². The molecule has 0 fully saturated rings. The van der Waals surface area contributed by atoms with Gasteiger partial charge in [0.15, 0.2) is 16.6 Å². The van der Waals surface area contributed by atoms with Gasteiger partial charge in [-0.25, -0.2) is 0 Å². The van der Waals surface area contributed by atoms with Gasteiger partial charge in [-0.15, -0.1) is 6.42 Å².